The average Bonchev–Trinajstić information content (AvgIpc) is 2.33. The Morgan fingerprint density at radius 1 is 1.77 bits per heavy atom. The number of carboxylic acids is 1. The second-order valence-electron chi connectivity index (χ2n) is 3.06. The Morgan fingerprint density at radius 3 is 2.92 bits per heavy atom. The highest BCUT2D eigenvalue weighted by atomic mass is 16.4. The highest BCUT2D eigenvalue weighted by Gasteiger charge is 2.05. The van der Waals surface area contributed by atoms with Gasteiger partial charge < -0.3 is 10.1 Å². The third kappa shape index (κ3) is 3.25. The maximum atomic E-state index is 10.3. The molecule has 0 unspecified atom stereocenters. The van der Waals surface area contributed by atoms with Crippen LogP contribution >= 0.6 is 0 Å². The Kier molecular flexibility index (Phi) is 3.02. The Bertz CT molecular complexity index is 295. The second kappa shape index (κ2) is 4.04. The Labute approximate surface area is 76.4 Å². The van der Waals surface area contributed by atoms with Gasteiger partial charge in [-0.3, -0.25) is 9.69 Å². The highest BCUT2D eigenvalue weighted by Crippen LogP contribution is 1.99. The van der Waals surface area contributed by atoms with Gasteiger partial charge in [0.25, 0.3) is 0 Å². The topological polar surface area (TPSA) is 69.2 Å². The lowest BCUT2D eigenvalue weighted by atomic mass is 10.4. The minimum absolute atomic E-state index is 0.0397. The maximum Gasteiger partial charge on any atom is 0.317 e. The van der Waals surface area contributed by atoms with E-state index in [9.17, 15) is 4.79 Å². The van der Waals surface area contributed by atoms with Gasteiger partial charge in [0.05, 0.1) is 6.54 Å². The van der Waals surface area contributed by atoms with E-state index in [-0.39, 0.29) is 6.54 Å². The molecule has 0 aliphatic rings. The predicted octanol–water partition coefficient (Wildman–Crippen LogP) is 0.235. The zero-order chi connectivity index (χ0) is 9.84. The van der Waals surface area contributed by atoms with Crippen LogP contribution in [-0.4, -0.2) is 39.5 Å². The van der Waals surface area contributed by atoms with Gasteiger partial charge in [-0.25, -0.2) is 4.98 Å². The van der Waals surface area contributed by atoms with Crippen LogP contribution < -0.4 is 0 Å². The normalized spacial score (nSPS) is 10.7. The van der Waals surface area contributed by atoms with Crippen molar-refractivity contribution in [3.8, 4) is 0 Å². The van der Waals surface area contributed by atoms with Crippen molar-refractivity contribution < 1.29 is 9.90 Å². The first-order chi connectivity index (χ1) is 6.08. The number of hydrogen-bond donors (Lipinski definition) is 2. The van der Waals surface area contributed by atoms with Crippen molar-refractivity contribution in [1.82, 2.24) is 14.9 Å². The Morgan fingerprint density at radius 2 is 2.46 bits per heavy atom. The van der Waals surface area contributed by atoms with E-state index < -0.39 is 5.97 Å². The van der Waals surface area contributed by atoms with Crippen LogP contribution in [0.4, 0.5) is 0 Å². The number of rotatable bonds is 4. The Hall–Kier alpha value is -1.36. The van der Waals surface area contributed by atoms with Crippen molar-refractivity contribution in [3.05, 3.63) is 17.7 Å². The first-order valence-electron chi connectivity index (χ1n) is 3.98. The van der Waals surface area contributed by atoms with Crippen LogP contribution in [0.2, 0.25) is 0 Å². The monoisotopic (exact) mass is 183 g/mol. The molecule has 0 radical (unpaired) electrons. The van der Waals surface area contributed by atoms with Crippen LogP contribution in [0.1, 0.15) is 11.5 Å². The summed E-state index contributed by atoms with van der Waals surface area (Å²) in [5.41, 5.74) is 0.932. The van der Waals surface area contributed by atoms with Crippen molar-refractivity contribution >= 4 is 5.97 Å². The van der Waals surface area contributed by atoms with E-state index >= 15 is 0 Å². The largest absolute Gasteiger partial charge is 0.480 e. The summed E-state index contributed by atoms with van der Waals surface area (Å²) < 4.78 is 0. The van der Waals surface area contributed by atoms with Crippen molar-refractivity contribution in [3.63, 3.8) is 0 Å². The molecule has 0 aromatic carbocycles. The molecule has 0 saturated carbocycles. The molecule has 0 amide bonds. The van der Waals surface area contributed by atoms with Gasteiger partial charge in [0, 0.05) is 18.4 Å². The molecule has 0 saturated heterocycles. The van der Waals surface area contributed by atoms with E-state index in [2.05, 4.69) is 9.97 Å². The highest BCUT2D eigenvalue weighted by molar-refractivity contribution is 5.68. The third-order valence-electron chi connectivity index (χ3n) is 1.60. The maximum absolute atomic E-state index is 10.3. The van der Waals surface area contributed by atoms with E-state index in [4.69, 9.17) is 5.11 Å². The zero-order valence-corrected chi connectivity index (χ0v) is 7.74. The number of imidazole rings is 1. The first-order valence-corrected chi connectivity index (χ1v) is 3.98. The number of nitrogens with one attached hydrogen (secondary N) is 1. The van der Waals surface area contributed by atoms with Gasteiger partial charge in [-0.15, -0.1) is 0 Å². The summed E-state index contributed by atoms with van der Waals surface area (Å²) in [5.74, 6) is 0.0254. The summed E-state index contributed by atoms with van der Waals surface area (Å²) in [7, 11) is 1.75. The molecule has 0 spiro atoms. The Balaban J connectivity index is 2.44. The number of H-pyrrole nitrogens is 1. The standard InChI is InChI=1S/C8H13N3O2/c1-6-9-3-7(10-6)4-11(2)5-8(12)13/h3H,4-5H2,1-2H3,(H,9,10)(H,12,13). The minimum atomic E-state index is -0.821. The zero-order valence-electron chi connectivity index (χ0n) is 7.74. The fourth-order valence-electron chi connectivity index (χ4n) is 1.13. The van der Waals surface area contributed by atoms with Crippen molar-refractivity contribution in [2.24, 2.45) is 0 Å². The summed E-state index contributed by atoms with van der Waals surface area (Å²) in [6, 6.07) is 0. The number of aliphatic carboxylic acids is 1. The molecule has 2 N–H and O–H groups in total. The molecule has 1 aromatic heterocycles. The number of carbonyl (C=O) groups is 1. The summed E-state index contributed by atoms with van der Waals surface area (Å²) >= 11 is 0. The molecular weight excluding hydrogens is 170 g/mol. The quantitative estimate of drug-likeness (QED) is 0.701. The summed E-state index contributed by atoms with van der Waals surface area (Å²) in [5, 5.41) is 8.50. The number of aromatic nitrogens is 2. The van der Waals surface area contributed by atoms with Crippen LogP contribution in [0.25, 0.3) is 0 Å². The smallest absolute Gasteiger partial charge is 0.317 e. The number of carboxylic acid groups (broad SMARTS) is 1. The number of aromatic amines is 1. The molecule has 0 fully saturated rings. The molecule has 5 heteroatoms. The number of hydrogen-bond acceptors (Lipinski definition) is 3. The van der Waals surface area contributed by atoms with Gasteiger partial charge in [0.2, 0.25) is 0 Å². The molecule has 1 heterocycles. The lowest BCUT2D eigenvalue weighted by Gasteiger charge is -2.11. The van der Waals surface area contributed by atoms with E-state index in [1.165, 1.54) is 0 Å². The number of nitrogens with zero attached hydrogens (tertiary/aromatic N) is 2. The number of aryl methyl sites for hydroxylation is 1. The molecule has 0 atom stereocenters. The molecule has 0 bridgehead atoms. The lowest BCUT2D eigenvalue weighted by Crippen LogP contribution is -2.25. The molecule has 0 aliphatic heterocycles. The van der Waals surface area contributed by atoms with Crippen molar-refractivity contribution in [2.75, 3.05) is 13.6 Å². The molecule has 5 nitrogen and oxygen atoms in total. The summed E-state index contributed by atoms with van der Waals surface area (Å²) in [6.45, 7) is 2.48. The van der Waals surface area contributed by atoms with Gasteiger partial charge in [-0.1, -0.05) is 0 Å². The van der Waals surface area contributed by atoms with E-state index in [1.54, 1.807) is 18.1 Å². The van der Waals surface area contributed by atoms with Gasteiger partial charge in [0.1, 0.15) is 5.82 Å². The fourth-order valence-corrected chi connectivity index (χ4v) is 1.13. The lowest BCUT2D eigenvalue weighted by molar-refractivity contribution is -0.138. The first kappa shape index (κ1) is 9.73. The van der Waals surface area contributed by atoms with Gasteiger partial charge in [0.15, 0.2) is 0 Å². The molecule has 13 heavy (non-hydrogen) atoms. The van der Waals surface area contributed by atoms with Crippen LogP contribution in [0.3, 0.4) is 0 Å². The van der Waals surface area contributed by atoms with Gasteiger partial charge in [-0.05, 0) is 14.0 Å². The van der Waals surface area contributed by atoms with Crippen LogP contribution in [0.15, 0.2) is 6.20 Å². The van der Waals surface area contributed by atoms with E-state index in [1.807, 2.05) is 6.92 Å². The second-order valence-corrected chi connectivity index (χ2v) is 3.06. The van der Waals surface area contributed by atoms with Crippen LogP contribution in [0, 0.1) is 6.92 Å². The van der Waals surface area contributed by atoms with E-state index in [0.29, 0.717) is 6.54 Å². The minimum Gasteiger partial charge on any atom is -0.480 e. The van der Waals surface area contributed by atoms with Crippen molar-refractivity contribution in [1.29, 1.82) is 0 Å². The molecule has 72 valence electrons. The van der Waals surface area contributed by atoms with Gasteiger partial charge in [-0.2, -0.15) is 0 Å². The predicted molar refractivity (Wildman–Crippen MR) is 47.3 cm³/mol. The van der Waals surface area contributed by atoms with Crippen LogP contribution in [-0.2, 0) is 11.3 Å². The SMILES string of the molecule is Cc1ncc(CN(C)CC(=O)O)[nH]1. The summed E-state index contributed by atoms with van der Waals surface area (Å²) in [6.07, 6.45) is 1.72. The van der Waals surface area contributed by atoms with Gasteiger partial charge >= 0.3 is 5.97 Å². The fraction of sp³-hybridized carbons (Fsp3) is 0.500. The van der Waals surface area contributed by atoms with E-state index in [0.717, 1.165) is 11.5 Å². The molecule has 1 aromatic rings. The summed E-state index contributed by atoms with van der Waals surface area (Å²) in [4.78, 5) is 19.1. The van der Waals surface area contributed by atoms with Crippen molar-refractivity contribution in [2.45, 2.75) is 13.5 Å². The average molecular weight is 183 g/mol. The molecule has 1 rings (SSSR count). The van der Waals surface area contributed by atoms with Crippen LogP contribution in [0.5, 0.6) is 0 Å². The molecular formula is C8H13N3O2. The molecule has 0 aliphatic carbocycles. The number of likely N-dealkylation sites (N-methyl/N-ethyl adjacent to an activating group) is 1. The third-order valence-corrected chi connectivity index (χ3v) is 1.60.